The molecule has 0 fully saturated rings. The van der Waals surface area contributed by atoms with Crippen molar-refractivity contribution in [1.82, 2.24) is 9.88 Å². The standard InChI is InChI=1S/C16H20N2O2S/c1-10-7-8-20-15(10)16(19)18(3)9-12-5-4-6-13-14(12)17-11(2)21-13/h7-8,12H,4-6,9H2,1-3H3. The van der Waals surface area contributed by atoms with Crippen molar-refractivity contribution >= 4 is 17.2 Å². The van der Waals surface area contributed by atoms with E-state index in [0.717, 1.165) is 23.4 Å². The van der Waals surface area contributed by atoms with Crippen LogP contribution in [0.4, 0.5) is 0 Å². The van der Waals surface area contributed by atoms with E-state index in [9.17, 15) is 4.79 Å². The molecule has 1 aliphatic carbocycles. The van der Waals surface area contributed by atoms with E-state index < -0.39 is 0 Å². The average Bonchev–Trinajstić information content (AvgIpc) is 3.03. The topological polar surface area (TPSA) is 46.3 Å². The van der Waals surface area contributed by atoms with Crippen LogP contribution in [0.5, 0.6) is 0 Å². The molecule has 0 spiro atoms. The summed E-state index contributed by atoms with van der Waals surface area (Å²) in [6.07, 6.45) is 4.98. The molecule has 1 amide bonds. The molecule has 2 aromatic heterocycles. The first kappa shape index (κ1) is 14.3. The van der Waals surface area contributed by atoms with Crippen LogP contribution in [0.1, 0.15) is 50.5 Å². The number of carbonyl (C=O) groups is 1. The van der Waals surface area contributed by atoms with Crippen molar-refractivity contribution < 1.29 is 9.21 Å². The third-order valence-electron chi connectivity index (χ3n) is 4.07. The van der Waals surface area contributed by atoms with Crippen LogP contribution in [0.15, 0.2) is 16.7 Å². The highest BCUT2D eigenvalue weighted by Gasteiger charge is 2.27. The smallest absolute Gasteiger partial charge is 0.289 e. The van der Waals surface area contributed by atoms with Crippen molar-refractivity contribution in [3.8, 4) is 0 Å². The zero-order valence-electron chi connectivity index (χ0n) is 12.7. The van der Waals surface area contributed by atoms with E-state index in [0.29, 0.717) is 18.2 Å². The highest BCUT2D eigenvalue weighted by molar-refractivity contribution is 7.11. The number of rotatable bonds is 3. The second-order valence-corrected chi connectivity index (χ2v) is 7.04. The summed E-state index contributed by atoms with van der Waals surface area (Å²) in [5.41, 5.74) is 2.10. The normalized spacial score (nSPS) is 17.6. The molecular formula is C16H20N2O2S. The Morgan fingerprint density at radius 2 is 2.33 bits per heavy atom. The molecule has 2 heterocycles. The first-order chi connectivity index (χ1) is 10.1. The SMILES string of the molecule is Cc1nc2c(s1)CCCC2CN(C)C(=O)c1occc1C. The molecular weight excluding hydrogens is 284 g/mol. The van der Waals surface area contributed by atoms with Crippen molar-refractivity contribution in [2.24, 2.45) is 0 Å². The van der Waals surface area contributed by atoms with Gasteiger partial charge in [0.15, 0.2) is 5.76 Å². The number of thiazole rings is 1. The van der Waals surface area contributed by atoms with Gasteiger partial charge in [0.2, 0.25) is 0 Å². The highest BCUT2D eigenvalue weighted by Crippen LogP contribution is 2.35. The lowest BCUT2D eigenvalue weighted by Crippen LogP contribution is -2.32. The van der Waals surface area contributed by atoms with Crippen molar-refractivity contribution in [3.63, 3.8) is 0 Å². The van der Waals surface area contributed by atoms with Gasteiger partial charge in [0.05, 0.1) is 17.0 Å². The second kappa shape index (κ2) is 5.64. The van der Waals surface area contributed by atoms with Crippen LogP contribution in [0, 0.1) is 13.8 Å². The molecule has 0 saturated carbocycles. The van der Waals surface area contributed by atoms with E-state index in [1.54, 1.807) is 22.5 Å². The number of hydrogen-bond acceptors (Lipinski definition) is 4. The molecule has 1 aliphatic rings. The van der Waals surface area contributed by atoms with E-state index in [2.05, 4.69) is 11.9 Å². The molecule has 2 aromatic rings. The van der Waals surface area contributed by atoms with Gasteiger partial charge in [0.1, 0.15) is 0 Å². The fraction of sp³-hybridized carbons (Fsp3) is 0.500. The number of likely N-dealkylation sites (N-methyl/N-ethyl adjacent to an activating group) is 1. The van der Waals surface area contributed by atoms with Gasteiger partial charge in [-0.1, -0.05) is 0 Å². The summed E-state index contributed by atoms with van der Waals surface area (Å²) in [5, 5.41) is 1.13. The Bertz CT molecular complexity index is 659. The largest absolute Gasteiger partial charge is 0.459 e. The van der Waals surface area contributed by atoms with Gasteiger partial charge < -0.3 is 9.32 Å². The summed E-state index contributed by atoms with van der Waals surface area (Å²) >= 11 is 1.80. The minimum atomic E-state index is -0.0448. The third-order valence-corrected chi connectivity index (χ3v) is 5.12. The molecule has 3 rings (SSSR count). The van der Waals surface area contributed by atoms with Crippen molar-refractivity contribution in [2.75, 3.05) is 13.6 Å². The highest BCUT2D eigenvalue weighted by atomic mass is 32.1. The van der Waals surface area contributed by atoms with Crippen molar-refractivity contribution in [2.45, 2.75) is 39.0 Å². The Hall–Kier alpha value is -1.62. The Morgan fingerprint density at radius 3 is 3.05 bits per heavy atom. The summed E-state index contributed by atoms with van der Waals surface area (Å²) in [6, 6.07) is 1.82. The zero-order chi connectivity index (χ0) is 15.0. The van der Waals surface area contributed by atoms with E-state index in [1.807, 2.05) is 20.0 Å². The molecule has 0 N–H and O–H groups in total. The molecule has 0 aliphatic heterocycles. The number of fused-ring (bicyclic) bond motifs is 1. The number of aromatic nitrogens is 1. The predicted molar refractivity (Wildman–Crippen MR) is 82.9 cm³/mol. The van der Waals surface area contributed by atoms with Gasteiger partial charge in [-0.25, -0.2) is 4.98 Å². The number of hydrogen-bond donors (Lipinski definition) is 0. The van der Waals surface area contributed by atoms with Gasteiger partial charge in [-0.15, -0.1) is 11.3 Å². The van der Waals surface area contributed by atoms with Crippen LogP contribution in [-0.2, 0) is 6.42 Å². The van der Waals surface area contributed by atoms with Gasteiger partial charge in [0.25, 0.3) is 5.91 Å². The van der Waals surface area contributed by atoms with Crippen LogP contribution in [0.2, 0.25) is 0 Å². The third kappa shape index (κ3) is 2.75. The molecule has 4 nitrogen and oxygen atoms in total. The fourth-order valence-electron chi connectivity index (χ4n) is 2.99. The van der Waals surface area contributed by atoms with Gasteiger partial charge >= 0.3 is 0 Å². The van der Waals surface area contributed by atoms with Crippen LogP contribution in [0.3, 0.4) is 0 Å². The molecule has 21 heavy (non-hydrogen) atoms. The summed E-state index contributed by atoms with van der Waals surface area (Å²) in [7, 11) is 1.85. The minimum Gasteiger partial charge on any atom is -0.459 e. The van der Waals surface area contributed by atoms with Crippen LogP contribution >= 0.6 is 11.3 Å². The first-order valence-corrected chi connectivity index (χ1v) is 8.13. The minimum absolute atomic E-state index is 0.0448. The number of nitrogens with zero attached hydrogens (tertiary/aromatic N) is 2. The van der Waals surface area contributed by atoms with Gasteiger partial charge in [0, 0.05) is 30.0 Å². The van der Waals surface area contributed by atoms with E-state index in [1.165, 1.54) is 17.0 Å². The van der Waals surface area contributed by atoms with Gasteiger partial charge in [-0.05, 0) is 39.2 Å². The maximum Gasteiger partial charge on any atom is 0.289 e. The van der Waals surface area contributed by atoms with E-state index in [4.69, 9.17) is 4.42 Å². The molecule has 1 unspecified atom stereocenters. The number of amides is 1. The zero-order valence-corrected chi connectivity index (χ0v) is 13.5. The lowest BCUT2D eigenvalue weighted by molar-refractivity contribution is 0.0750. The Morgan fingerprint density at radius 1 is 1.52 bits per heavy atom. The van der Waals surface area contributed by atoms with E-state index >= 15 is 0 Å². The summed E-state index contributed by atoms with van der Waals surface area (Å²) in [5.74, 6) is 0.752. The lowest BCUT2D eigenvalue weighted by atomic mass is 9.90. The quantitative estimate of drug-likeness (QED) is 0.871. The Labute approximate surface area is 128 Å². The number of carbonyl (C=O) groups excluding carboxylic acids is 1. The fourth-order valence-corrected chi connectivity index (χ4v) is 4.05. The molecule has 1 atom stereocenters. The lowest BCUT2D eigenvalue weighted by Gasteiger charge is -2.26. The van der Waals surface area contributed by atoms with Crippen LogP contribution < -0.4 is 0 Å². The molecule has 0 bridgehead atoms. The average molecular weight is 304 g/mol. The Kier molecular flexibility index (Phi) is 3.85. The summed E-state index contributed by atoms with van der Waals surface area (Å²) < 4.78 is 5.31. The number of aryl methyl sites for hydroxylation is 3. The summed E-state index contributed by atoms with van der Waals surface area (Å²) in [4.78, 5) is 20.3. The monoisotopic (exact) mass is 304 g/mol. The molecule has 0 aromatic carbocycles. The Balaban J connectivity index is 1.75. The molecule has 5 heteroatoms. The molecule has 0 saturated heterocycles. The molecule has 0 radical (unpaired) electrons. The van der Waals surface area contributed by atoms with Gasteiger partial charge in [-0.2, -0.15) is 0 Å². The van der Waals surface area contributed by atoms with Crippen molar-refractivity contribution in [1.29, 1.82) is 0 Å². The van der Waals surface area contributed by atoms with Crippen LogP contribution in [0.25, 0.3) is 0 Å². The van der Waals surface area contributed by atoms with Crippen molar-refractivity contribution in [3.05, 3.63) is 39.2 Å². The maximum atomic E-state index is 12.4. The van der Waals surface area contributed by atoms with Gasteiger partial charge in [-0.3, -0.25) is 4.79 Å². The first-order valence-electron chi connectivity index (χ1n) is 7.32. The second-order valence-electron chi connectivity index (χ2n) is 5.75. The van der Waals surface area contributed by atoms with E-state index in [-0.39, 0.29) is 5.91 Å². The maximum absolute atomic E-state index is 12.4. The predicted octanol–water partition coefficient (Wildman–Crippen LogP) is 3.55. The molecule has 112 valence electrons. The number of furan rings is 1. The summed E-state index contributed by atoms with van der Waals surface area (Å²) in [6.45, 7) is 4.66. The van der Waals surface area contributed by atoms with Crippen LogP contribution in [-0.4, -0.2) is 29.4 Å².